The lowest BCUT2D eigenvalue weighted by molar-refractivity contribution is 0.137. The molecule has 0 radical (unpaired) electrons. The lowest BCUT2D eigenvalue weighted by Gasteiger charge is -2.40. The molecule has 5 aliphatic carbocycles. The van der Waals surface area contributed by atoms with Crippen LogP contribution in [0.5, 0.6) is 0 Å². The molecule has 3 heteroatoms. The van der Waals surface area contributed by atoms with Gasteiger partial charge in [-0.3, -0.25) is 0 Å². The van der Waals surface area contributed by atoms with Crippen LogP contribution in [0.4, 0.5) is 4.79 Å². The Labute approximate surface area is 134 Å². The largest absolute Gasteiger partial charge is 0.335 e. The average molecular weight is 302 g/mol. The van der Waals surface area contributed by atoms with Gasteiger partial charge in [0, 0.05) is 12.1 Å². The van der Waals surface area contributed by atoms with Gasteiger partial charge in [0.1, 0.15) is 0 Å². The van der Waals surface area contributed by atoms with Gasteiger partial charge in [-0.1, -0.05) is 0 Å². The standard InChI is InChI=1S/C19H30N2O/c22-18(20-15-1-3-19(4-2-15)5-6-19)21-17-11-13-7-12-8-14(9-13)16(17)10-12/h12-17H,1-11H2,(H2,20,21,22). The Morgan fingerprint density at radius 3 is 2.27 bits per heavy atom. The molecule has 1 spiro atoms. The van der Waals surface area contributed by atoms with E-state index in [1.165, 1.54) is 70.6 Å². The third-order valence-electron chi connectivity index (χ3n) is 7.91. The summed E-state index contributed by atoms with van der Waals surface area (Å²) >= 11 is 0. The van der Waals surface area contributed by atoms with Crippen LogP contribution in [0.2, 0.25) is 0 Å². The lowest BCUT2D eigenvalue weighted by Crippen LogP contribution is -2.51. The SMILES string of the molecule is O=C(NC1CCC2(CC1)CC2)NC1CC2CC3CC(C2)C1C3. The van der Waals surface area contributed by atoms with Gasteiger partial charge < -0.3 is 10.6 Å². The average Bonchev–Trinajstić information content (AvgIpc) is 3.20. The van der Waals surface area contributed by atoms with Crippen LogP contribution in [0, 0.1) is 29.1 Å². The van der Waals surface area contributed by atoms with E-state index in [-0.39, 0.29) is 6.03 Å². The Morgan fingerprint density at radius 1 is 0.818 bits per heavy atom. The molecule has 5 saturated carbocycles. The van der Waals surface area contributed by atoms with Crippen molar-refractivity contribution < 1.29 is 4.79 Å². The number of hydrogen-bond acceptors (Lipinski definition) is 1. The summed E-state index contributed by atoms with van der Waals surface area (Å²) in [5.74, 6) is 3.59. The van der Waals surface area contributed by atoms with Crippen molar-refractivity contribution in [2.24, 2.45) is 29.1 Å². The monoisotopic (exact) mass is 302 g/mol. The second-order valence-corrected chi connectivity index (χ2v) is 9.33. The molecule has 5 aliphatic rings. The number of nitrogens with one attached hydrogen (secondary N) is 2. The van der Waals surface area contributed by atoms with Gasteiger partial charge in [-0.2, -0.15) is 0 Å². The molecule has 5 fully saturated rings. The van der Waals surface area contributed by atoms with Crippen molar-refractivity contribution in [2.45, 2.75) is 82.7 Å². The zero-order valence-electron chi connectivity index (χ0n) is 13.7. The molecule has 0 saturated heterocycles. The Morgan fingerprint density at radius 2 is 1.55 bits per heavy atom. The van der Waals surface area contributed by atoms with Crippen molar-refractivity contribution in [3.05, 3.63) is 0 Å². The number of hydrogen-bond donors (Lipinski definition) is 2. The predicted octanol–water partition coefficient (Wildman–Crippen LogP) is 3.83. The number of carbonyl (C=O) groups excluding carboxylic acids is 1. The van der Waals surface area contributed by atoms with Crippen molar-refractivity contribution in [2.75, 3.05) is 0 Å². The van der Waals surface area contributed by atoms with E-state index in [1.54, 1.807) is 0 Å². The van der Waals surface area contributed by atoms with Crippen LogP contribution in [-0.4, -0.2) is 18.1 Å². The summed E-state index contributed by atoms with van der Waals surface area (Å²) in [7, 11) is 0. The molecule has 3 nitrogen and oxygen atoms in total. The maximum absolute atomic E-state index is 12.4. The third kappa shape index (κ3) is 2.35. The molecule has 2 N–H and O–H groups in total. The zero-order valence-corrected chi connectivity index (χ0v) is 13.7. The molecular weight excluding hydrogens is 272 g/mol. The van der Waals surface area contributed by atoms with Crippen LogP contribution in [0.1, 0.15) is 70.6 Å². The number of amides is 2. The van der Waals surface area contributed by atoms with Crippen molar-refractivity contribution >= 4 is 6.03 Å². The fourth-order valence-electron chi connectivity index (χ4n) is 6.57. The van der Waals surface area contributed by atoms with E-state index >= 15 is 0 Å². The first-order chi connectivity index (χ1) is 10.7. The summed E-state index contributed by atoms with van der Waals surface area (Å²) in [4.78, 5) is 12.4. The highest BCUT2D eigenvalue weighted by atomic mass is 16.2. The highest BCUT2D eigenvalue weighted by Crippen LogP contribution is 2.56. The van der Waals surface area contributed by atoms with Crippen LogP contribution in [0.3, 0.4) is 0 Å². The summed E-state index contributed by atoms with van der Waals surface area (Å²) in [6.07, 6.45) is 15.0. The van der Waals surface area contributed by atoms with Gasteiger partial charge in [0.15, 0.2) is 0 Å². The fourth-order valence-corrected chi connectivity index (χ4v) is 6.57. The van der Waals surface area contributed by atoms with Gasteiger partial charge in [0.25, 0.3) is 0 Å². The normalized spacial score (nSPS) is 45.0. The molecule has 0 heterocycles. The van der Waals surface area contributed by atoms with Crippen LogP contribution >= 0.6 is 0 Å². The van der Waals surface area contributed by atoms with E-state index < -0.39 is 0 Å². The number of urea groups is 1. The molecule has 2 amide bonds. The summed E-state index contributed by atoms with van der Waals surface area (Å²) in [5.41, 5.74) is 0.718. The predicted molar refractivity (Wildman–Crippen MR) is 86.4 cm³/mol. The first-order valence-corrected chi connectivity index (χ1v) is 9.76. The van der Waals surface area contributed by atoms with Crippen LogP contribution in [-0.2, 0) is 0 Å². The Bertz CT molecular complexity index is 460. The molecule has 122 valence electrons. The summed E-state index contributed by atoms with van der Waals surface area (Å²) in [6.45, 7) is 0. The highest BCUT2D eigenvalue weighted by molar-refractivity contribution is 5.74. The Balaban J connectivity index is 1.15. The highest BCUT2D eigenvalue weighted by Gasteiger charge is 2.49. The van der Waals surface area contributed by atoms with E-state index in [1.807, 2.05) is 0 Å². The maximum atomic E-state index is 12.4. The molecule has 5 atom stereocenters. The molecule has 0 aromatic rings. The minimum absolute atomic E-state index is 0.131. The molecule has 3 bridgehead atoms. The van der Waals surface area contributed by atoms with E-state index in [4.69, 9.17) is 0 Å². The van der Waals surface area contributed by atoms with Gasteiger partial charge in [-0.15, -0.1) is 0 Å². The molecule has 5 rings (SSSR count). The Hall–Kier alpha value is -0.730. The fraction of sp³-hybridized carbons (Fsp3) is 0.947. The molecular formula is C19H30N2O. The molecule has 0 aliphatic heterocycles. The van der Waals surface area contributed by atoms with Crippen LogP contribution in [0.15, 0.2) is 0 Å². The maximum Gasteiger partial charge on any atom is 0.315 e. The molecule has 0 aromatic carbocycles. The first-order valence-electron chi connectivity index (χ1n) is 9.76. The van der Waals surface area contributed by atoms with Crippen molar-refractivity contribution in [1.29, 1.82) is 0 Å². The summed E-state index contributed by atoms with van der Waals surface area (Å²) in [5, 5.41) is 6.67. The lowest BCUT2D eigenvalue weighted by atomic mass is 9.70. The zero-order chi connectivity index (χ0) is 14.7. The van der Waals surface area contributed by atoms with Crippen molar-refractivity contribution in [1.82, 2.24) is 10.6 Å². The minimum atomic E-state index is 0.131. The summed E-state index contributed by atoms with van der Waals surface area (Å²) in [6, 6.07) is 1.03. The third-order valence-corrected chi connectivity index (χ3v) is 7.91. The van der Waals surface area contributed by atoms with E-state index in [0.717, 1.165) is 29.1 Å². The topological polar surface area (TPSA) is 41.1 Å². The van der Waals surface area contributed by atoms with Crippen molar-refractivity contribution in [3.63, 3.8) is 0 Å². The number of carbonyl (C=O) groups is 1. The van der Waals surface area contributed by atoms with Gasteiger partial charge >= 0.3 is 6.03 Å². The van der Waals surface area contributed by atoms with Gasteiger partial charge in [-0.25, -0.2) is 4.79 Å². The van der Waals surface area contributed by atoms with E-state index in [0.29, 0.717) is 12.1 Å². The molecule has 5 unspecified atom stereocenters. The van der Waals surface area contributed by atoms with Crippen LogP contribution in [0.25, 0.3) is 0 Å². The van der Waals surface area contributed by atoms with E-state index in [2.05, 4.69) is 10.6 Å². The molecule has 0 aromatic heterocycles. The minimum Gasteiger partial charge on any atom is -0.335 e. The quantitative estimate of drug-likeness (QED) is 0.799. The van der Waals surface area contributed by atoms with E-state index in [9.17, 15) is 4.79 Å². The van der Waals surface area contributed by atoms with Gasteiger partial charge in [0.2, 0.25) is 0 Å². The smallest absolute Gasteiger partial charge is 0.315 e. The van der Waals surface area contributed by atoms with Gasteiger partial charge in [0.05, 0.1) is 0 Å². The summed E-state index contributed by atoms with van der Waals surface area (Å²) < 4.78 is 0. The second-order valence-electron chi connectivity index (χ2n) is 9.33. The van der Waals surface area contributed by atoms with Crippen LogP contribution < -0.4 is 10.6 Å². The Kier molecular flexibility index (Phi) is 3.04. The number of fused-ring (bicyclic) bond motifs is 2. The van der Waals surface area contributed by atoms with Crippen molar-refractivity contribution in [3.8, 4) is 0 Å². The first kappa shape index (κ1) is 13.7. The van der Waals surface area contributed by atoms with Gasteiger partial charge in [-0.05, 0) is 99.7 Å². The second kappa shape index (κ2) is 4.88. The number of rotatable bonds is 2. The molecule has 22 heavy (non-hydrogen) atoms.